The Labute approximate surface area is 159 Å². The normalized spacial score (nSPS) is 22.9. The molecule has 2 N–H and O–H groups in total. The molecule has 1 unspecified atom stereocenters. The summed E-state index contributed by atoms with van der Waals surface area (Å²) in [7, 11) is 0. The monoisotopic (exact) mass is 372 g/mol. The molecule has 1 saturated carbocycles. The quantitative estimate of drug-likeness (QED) is 0.842. The molecule has 6 heteroatoms. The standard InChI is InChI=1S/C20H28N4OS/c25-19(24-12-4-6-16(14-24)17-8-11-22-23-17)21-15-20(9-2-1-3-10-20)18-7-5-13-26-18/h5,7-8,11,13,16H,1-4,6,9-10,12,14-15H2,(H,21,25)(H,22,23). The third-order valence-electron chi connectivity index (χ3n) is 6.10. The van der Waals surface area contributed by atoms with E-state index >= 15 is 0 Å². The fraction of sp³-hybridized carbons (Fsp3) is 0.600. The van der Waals surface area contributed by atoms with E-state index in [9.17, 15) is 4.79 Å². The molecular formula is C20H28N4OS. The number of urea groups is 1. The summed E-state index contributed by atoms with van der Waals surface area (Å²) in [5.74, 6) is 0.373. The van der Waals surface area contributed by atoms with Crippen LogP contribution in [0.3, 0.4) is 0 Å². The molecule has 2 aliphatic rings. The smallest absolute Gasteiger partial charge is 0.317 e. The summed E-state index contributed by atoms with van der Waals surface area (Å²) in [4.78, 5) is 16.3. The molecule has 4 rings (SSSR count). The summed E-state index contributed by atoms with van der Waals surface area (Å²) >= 11 is 1.84. The number of thiophene rings is 1. The van der Waals surface area contributed by atoms with E-state index in [1.54, 1.807) is 6.20 Å². The van der Waals surface area contributed by atoms with Gasteiger partial charge in [-0.25, -0.2) is 4.79 Å². The van der Waals surface area contributed by atoms with Gasteiger partial charge < -0.3 is 10.2 Å². The van der Waals surface area contributed by atoms with Gasteiger partial charge in [0.1, 0.15) is 0 Å². The van der Waals surface area contributed by atoms with Crippen molar-refractivity contribution in [3.05, 3.63) is 40.3 Å². The summed E-state index contributed by atoms with van der Waals surface area (Å²) in [5.41, 5.74) is 1.28. The Morgan fingerprint density at radius 2 is 2.19 bits per heavy atom. The van der Waals surface area contributed by atoms with Gasteiger partial charge in [0.2, 0.25) is 0 Å². The highest BCUT2D eigenvalue weighted by Crippen LogP contribution is 2.41. The molecule has 5 nitrogen and oxygen atoms in total. The van der Waals surface area contributed by atoms with Crippen LogP contribution >= 0.6 is 11.3 Å². The first kappa shape index (κ1) is 17.6. The second kappa shape index (κ2) is 7.82. The molecule has 1 saturated heterocycles. The molecule has 0 radical (unpaired) electrons. The van der Waals surface area contributed by atoms with E-state index in [1.165, 1.54) is 37.0 Å². The van der Waals surface area contributed by atoms with Crippen molar-refractivity contribution in [2.75, 3.05) is 19.6 Å². The minimum absolute atomic E-state index is 0.0933. The van der Waals surface area contributed by atoms with Crippen molar-refractivity contribution in [3.8, 4) is 0 Å². The van der Waals surface area contributed by atoms with Gasteiger partial charge in [0.05, 0.1) is 0 Å². The Morgan fingerprint density at radius 3 is 2.92 bits per heavy atom. The van der Waals surface area contributed by atoms with Crippen LogP contribution in [0.15, 0.2) is 29.8 Å². The van der Waals surface area contributed by atoms with E-state index in [1.807, 2.05) is 22.3 Å². The molecule has 0 bridgehead atoms. The molecule has 26 heavy (non-hydrogen) atoms. The number of hydrogen-bond donors (Lipinski definition) is 2. The van der Waals surface area contributed by atoms with Crippen molar-refractivity contribution >= 4 is 17.4 Å². The lowest BCUT2D eigenvalue weighted by Crippen LogP contribution is -2.49. The van der Waals surface area contributed by atoms with Crippen molar-refractivity contribution in [2.24, 2.45) is 0 Å². The summed E-state index contributed by atoms with van der Waals surface area (Å²) in [6.45, 7) is 2.39. The number of nitrogens with one attached hydrogen (secondary N) is 2. The minimum Gasteiger partial charge on any atom is -0.337 e. The Bertz CT molecular complexity index is 691. The maximum absolute atomic E-state index is 12.9. The van der Waals surface area contributed by atoms with Gasteiger partial charge in [0.15, 0.2) is 0 Å². The third kappa shape index (κ3) is 3.65. The summed E-state index contributed by atoms with van der Waals surface area (Å²) in [5, 5.41) is 12.6. The minimum atomic E-state index is 0.0933. The SMILES string of the molecule is O=C(NCC1(c2cccs2)CCCCC1)N1CCCC(c2ccn[nH]2)C1. The second-order valence-corrected chi connectivity index (χ2v) is 8.72. The molecule has 1 aliphatic carbocycles. The van der Waals surface area contributed by atoms with Crippen molar-refractivity contribution in [2.45, 2.75) is 56.3 Å². The predicted octanol–water partition coefficient (Wildman–Crippen LogP) is 4.26. The van der Waals surface area contributed by atoms with Crippen LogP contribution in [0.1, 0.15) is 61.4 Å². The highest BCUT2D eigenvalue weighted by atomic mass is 32.1. The zero-order valence-corrected chi connectivity index (χ0v) is 16.1. The van der Waals surface area contributed by atoms with Crippen LogP contribution < -0.4 is 5.32 Å². The number of aromatic nitrogens is 2. The number of nitrogens with zero attached hydrogens (tertiary/aromatic N) is 2. The lowest BCUT2D eigenvalue weighted by Gasteiger charge is -2.38. The maximum Gasteiger partial charge on any atom is 0.317 e. The van der Waals surface area contributed by atoms with Gasteiger partial charge >= 0.3 is 6.03 Å². The van der Waals surface area contributed by atoms with Gasteiger partial charge in [0, 0.05) is 47.7 Å². The second-order valence-electron chi connectivity index (χ2n) is 7.77. The number of H-pyrrole nitrogens is 1. The molecule has 140 valence electrons. The van der Waals surface area contributed by atoms with Crippen LogP contribution in [0.2, 0.25) is 0 Å². The van der Waals surface area contributed by atoms with E-state index < -0.39 is 0 Å². The van der Waals surface area contributed by atoms with Crippen LogP contribution in [0.5, 0.6) is 0 Å². The molecule has 2 aromatic rings. The number of carbonyl (C=O) groups is 1. The molecule has 3 heterocycles. The van der Waals surface area contributed by atoms with Gasteiger partial charge in [-0.15, -0.1) is 11.3 Å². The zero-order valence-electron chi connectivity index (χ0n) is 15.2. The molecule has 2 fully saturated rings. The highest BCUT2D eigenvalue weighted by Gasteiger charge is 2.36. The van der Waals surface area contributed by atoms with Crippen molar-refractivity contribution in [1.29, 1.82) is 0 Å². The van der Waals surface area contributed by atoms with Crippen LogP contribution in [0, 0.1) is 0 Å². The van der Waals surface area contributed by atoms with Crippen molar-refractivity contribution in [3.63, 3.8) is 0 Å². The van der Waals surface area contributed by atoms with E-state index in [0.29, 0.717) is 5.92 Å². The summed E-state index contributed by atoms with van der Waals surface area (Å²) < 4.78 is 0. The highest BCUT2D eigenvalue weighted by molar-refractivity contribution is 7.10. The lowest BCUT2D eigenvalue weighted by molar-refractivity contribution is 0.173. The van der Waals surface area contributed by atoms with Crippen LogP contribution in [0.4, 0.5) is 4.79 Å². The summed E-state index contributed by atoms with van der Waals surface area (Å²) in [6.07, 6.45) is 10.2. The summed E-state index contributed by atoms with van der Waals surface area (Å²) in [6, 6.07) is 6.50. The fourth-order valence-corrected chi connectivity index (χ4v) is 5.57. The van der Waals surface area contributed by atoms with Crippen LogP contribution in [-0.2, 0) is 5.41 Å². The van der Waals surface area contributed by atoms with Gasteiger partial charge in [-0.3, -0.25) is 5.10 Å². The molecule has 2 aromatic heterocycles. The van der Waals surface area contributed by atoms with E-state index in [2.05, 4.69) is 33.0 Å². The van der Waals surface area contributed by atoms with Crippen molar-refractivity contribution in [1.82, 2.24) is 20.4 Å². The molecular weight excluding hydrogens is 344 g/mol. The van der Waals surface area contributed by atoms with Gasteiger partial charge in [-0.05, 0) is 43.2 Å². The Hall–Kier alpha value is -1.82. The van der Waals surface area contributed by atoms with Crippen LogP contribution in [-0.4, -0.2) is 40.8 Å². The zero-order chi connectivity index (χ0) is 17.8. The number of piperidine rings is 1. The number of carbonyl (C=O) groups excluding carboxylic acids is 1. The third-order valence-corrected chi connectivity index (χ3v) is 7.22. The first-order valence-electron chi connectivity index (χ1n) is 9.83. The number of aromatic amines is 1. The molecule has 1 aliphatic heterocycles. The Morgan fingerprint density at radius 1 is 1.31 bits per heavy atom. The van der Waals surface area contributed by atoms with E-state index in [-0.39, 0.29) is 11.4 Å². The number of rotatable bonds is 4. The number of likely N-dealkylation sites (tertiary alicyclic amines) is 1. The van der Waals surface area contributed by atoms with E-state index in [0.717, 1.165) is 38.2 Å². The van der Waals surface area contributed by atoms with Crippen LogP contribution in [0.25, 0.3) is 0 Å². The average molecular weight is 373 g/mol. The average Bonchev–Trinajstić information content (AvgIpc) is 3.41. The first-order chi connectivity index (χ1) is 12.8. The predicted molar refractivity (Wildman–Crippen MR) is 105 cm³/mol. The van der Waals surface area contributed by atoms with E-state index in [4.69, 9.17) is 0 Å². The Kier molecular flexibility index (Phi) is 5.29. The van der Waals surface area contributed by atoms with Gasteiger partial charge in [0.25, 0.3) is 0 Å². The Balaban J connectivity index is 1.39. The first-order valence-corrected chi connectivity index (χ1v) is 10.7. The lowest BCUT2D eigenvalue weighted by atomic mass is 9.73. The molecule has 0 spiro atoms. The molecule has 0 aromatic carbocycles. The largest absolute Gasteiger partial charge is 0.337 e. The van der Waals surface area contributed by atoms with Gasteiger partial charge in [-0.1, -0.05) is 25.3 Å². The topological polar surface area (TPSA) is 61.0 Å². The molecule has 2 amide bonds. The van der Waals surface area contributed by atoms with Gasteiger partial charge in [-0.2, -0.15) is 5.10 Å². The number of amides is 2. The number of hydrogen-bond acceptors (Lipinski definition) is 3. The maximum atomic E-state index is 12.9. The molecule has 1 atom stereocenters. The fourth-order valence-electron chi connectivity index (χ4n) is 4.59. The van der Waals surface area contributed by atoms with Crippen molar-refractivity contribution < 1.29 is 4.79 Å².